The Morgan fingerprint density at radius 3 is 1.77 bits per heavy atom. The van der Waals surface area contributed by atoms with E-state index in [-0.39, 0.29) is 5.41 Å². The number of nitrogens with zero attached hydrogens (tertiary/aromatic N) is 3. The molecule has 0 aliphatic heterocycles. The Morgan fingerprint density at radius 2 is 0.955 bits per heavy atom. The number of benzene rings is 10. The summed E-state index contributed by atoms with van der Waals surface area (Å²) in [4.78, 5) is 10.6. The van der Waals surface area contributed by atoms with Gasteiger partial charge in [0.15, 0.2) is 5.82 Å². The van der Waals surface area contributed by atoms with Crippen LogP contribution < -0.4 is 0 Å². The molecule has 0 saturated heterocycles. The van der Waals surface area contributed by atoms with Gasteiger partial charge in [-0.2, -0.15) is 0 Å². The lowest BCUT2D eigenvalue weighted by atomic mass is 9.81. The maximum Gasteiger partial charge on any atom is 0.160 e. The van der Waals surface area contributed by atoms with E-state index in [1.54, 1.807) is 0 Å². The zero-order chi connectivity index (χ0) is 43.9. The summed E-state index contributed by atoms with van der Waals surface area (Å²) in [5.41, 5.74) is 18.4. The largest absolute Gasteiger partial charge is 0.309 e. The predicted molar refractivity (Wildman–Crippen MR) is 276 cm³/mol. The minimum Gasteiger partial charge on any atom is -0.309 e. The van der Waals surface area contributed by atoms with Gasteiger partial charge in [-0.05, 0) is 109 Å². The van der Waals surface area contributed by atoms with Gasteiger partial charge < -0.3 is 4.57 Å². The highest BCUT2D eigenvalue weighted by Gasteiger charge is 2.37. The first-order chi connectivity index (χ1) is 32.5. The molecule has 1 aliphatic rings. The zero-order valence-corrected chi connectivity index (χ0v) is 36.7. The van der Waals surface area contributed by atoms with Crippen LogP contribution >= 0.6 is 0 Å². The number of fused-ring (bicyclic) bond motifs is 8. The van der Waals surface area contributed by atoms with Gasteiger partial charge in [0.25, 0.3) is 0 Å². The van der Waals surface area contributed by atoms with Gasteiger partial charge in [-0.15, -0.1) is 0 Å². The maximum atomic E-state index is 5.34. The van der Waals surface area contributed by atoms with Crippen molar-refractivity contribution < 1.29 is 0 Å². The normalized spacial score (nSPS) is 12.8. The second kappa shape index (κ2) is 14.8. The molecule has 10 aromatic carbocycles. The Hall–Kier alpha value is -8.40. The summed E-state index contributed by atoms with van der Waals surface area (Å²) in [6.45, 7) is 4.70. The van der Waals surface area contributed by atoms with Crippen LogP contribution in [0.4, 0.5) is 0 Å². The molecule has 1 aliphatic carbocycles. The van der Waals surface area contributed by atoms with Crippen molar-refractivity contribution in [2.45, 2.75) is 19.3 Å². The molecule has 13 rings (SSSR count). The van der Waals surface area contributed by atoms with Gasteiger partial charge in [0.05, 0.1) is 22.4 Å². The van der Waals surface area contributed by atoms with Crippen LogP contribution in [0.2, 0.25) is 0 Å². The molecule has 0 unspecified atom stereocenters. The Bertz CT molecular complexity index is 3900. The SMILES string of the molecule is CC1(C)c2cc3ccccc3cc2-c2c(-c3cc(-c4ccc5cc(-c6ccccc6-c6cccc7c8ccccc8n(-c8ccccc8)c67)ccc5c4)nc(-c4ccccc4)n3)cccc21. The molecule has 0 fully saturated rings. The summed E-state index contributed by atoms with van der Waals surface area (Å²) in [5.74, 6) is 0.713. The third-order valence-electron chi connectivity index (χ3n) is 14.0. The number of para-hydroxylation sites is 3. The molecule has 2 aromatic heterocycles. The summed E-state index contributed by atoms with van der Waals surface area (Å²) in [7, 11) is 0. The number of rotatable bonds is 6. The molecule has 2 heterocycles. The monoisotopic (exact) mass is 841 g/mol. The zero-order valence-electron chi connectivity index (χ0n) is 36.7. The molecule has 12 aromatic rings. The van der Waals surface area contributed by atoms with Gasteiger partial charge in [0.2, 0.25) is 0 Å². The quantitative estimate of drug-likeness (QED) is 0.167. The molecule has 0 bridgehead atoms. The molecular weight excluding hydrogens is 799 g/mol. The molecule has 0 radical (unpaired) electrons. The lowest BCUT2D eigenvalue weighted by molar-refractivity contribution is 0.661. The van der Waals surface area contributed by atoms with E-state index in [0.29, 0.717) is 5.82 Å². The van der Waals surface area contributed by atoms with Gasteiger partial charge in [-0.25, -0.2) is 9.97 Å². The number of aromatic nitrogens is 3. The third kappa shape index (κ3) is 5.97. The molecule has 0 saturated carbocycles. The van der Waals surface area contributed by atoms with Crippen LogP contribution in [0.25, 0.3) is 116 Å². The standard InChI is InChI=1S/C63H43N3/c1-63(2)55-29-16-28-53(60(55)54-37-41-19-9-10-20-42(41)38-56(54)63)58-39-57(64-62(65-58)40-17-5-3-6-18-40)46-34-32-43-35-45(33-31-44(43)36-46)48-23-11-12-24-49(48)51-26-15-27-52-50-25-13-14-30-59(50)66(61(51)52)47-21-7-4-8-22-47/h3-39H,1-2H3. The van der Waals surface area contributed by atoms with E-state index in [1.165, 1.54) is 82.5 Å². The van der Waals surface area contributed by atoms with Gasteiger partial charge >= 0.3 is 0 Å². The molecule has 0 atom stereocenters. The van der Waals surface area contributed by atoms with Crippen LogP contribution in [0.1, 0.15) is 25.0 Å². The minimum atomic E-state index is -0.157. The van der Waals surface area contributed by atoms with E-state index in [9.17, 15) is 0 Å². The molecule has 3 heteroatoms. The van der Waals surface area contributed by atoms with Crippen LogP contribution in [0.15, 0.2) is 224 Å². The first kappa shape index (κ1) is 38.1. The fourth-order valence-corrected chi connectivity index (χ4v) is 10.8. The van der Waals surface area contributed by atoms with Gasteiger partial charge in [0, 0.05) is 44.1 Å². The van der Waals surface area contributed by atoms with Gasteiger partial charge in [-0.3, -0.25) is 0 Å². The summed E-state index contributed by atoms with van der Waals surface area (Å²) < 4.78 is 2.42. The van der Waals surface area contributed by atoms with Crippen LogP contribution in [0, 0.1) is 0 Å². The summed E-state index contributed by atoms with van der Waals surface area (Å²) in [6.07, 6.45) is 0. The lowest BCUT2D eigenvalue weighted by Gasteiger charge is -2.22. The highest BCUT2D eigenvalue weighted by molar-refractivity contribution is 6.15. The van der Waals surface area contributed by atoms with E-state index in [0.717, 1.165) is 39.2 Å². The molecule has 310 valence electrons. The number of hydrogen-bond donors (Lipinski definition) is 0. The highest BCUT2D eigenvalue weighted by atomic mass is 15.0. The topological polar surface area (TPSA) is 30.7 Å². The van der Waals surface area contributed by atoms with Gasteiger partial charge in [0.1, 0.15) is 0 Å². The second-order valence-electron chi connectivity index (χ2n) is 18.1. The molecule has 3 nitrogen and oxygen atoms in total. The molecule has 0 spiro atoms. The Balaban J connectivity index is 0.937. The Morgan fingerprint density at radius 1 is 0.364 bits per heavy atom. The van der Waals surface area contributed by atoms with E-state index in [2.05, 4.69) is 237 Å². The van der Waals surface area contributed by atoms with E-state index in [4.69, 9.17) is 9.97 Å². The van der Waals surface area contributed by atoms with Crippen molar-refractivity contribution in [3.63, 3.8) is 0 Å². The first-order valence-corrected chi connectivity index (χ1v) is 22.8. The van der Waals surface area contributed by atoms with Crippen molar-refractivity contribution in [1.29, 1.82) is 0 Å². The summed E-state index contributed by atoms with van der Waals surface area (Å²) >= 11 is 0. The fraction of sp³-hybridized carbons (Fsp3) is 0.0476. The first-order valence-electron chi connectivity index (χ1n) is 22.8. The Kier molecular flexibility index (Phi) is 8.56. The van der Waals surface area contributed by atoms with Crippen molar-refractivity contribution in [3.8, 4) is 73.0 Å². The van der Waals surface area contributed by atoms with E-state index >= 15 is 0 Å². The maximum absolute atomic E-state index is 5.34. The average molecular weight is 842 g/mol. The summed E-state index contributed by atoms with van der Waals surface area (Å²) in [6, 6.07) is 81.4. The van der Waals surface area contributed by atoms with Crippen LogP contribution in [-0.2, 0) is 5.41 Å². The molecule has 0 amide bonds. The smallest absolute Gasteiger partial charge is 0.160 e. The third-order valence-corrected chi connectivity index (χ3v) is 14.0. The van der Waals surface area contributed by atoms with E-state index in [1.807, 2.05) is 6.07 Å². The predicted octanol–water partition coefficient (Wildman–Crippen LogP) is 16.5. The van der Waals surface area contributed by atoms with Crippen molar-refractivity contribution in [2.75, 3.05) is 0 Å². The van der Waals surface area contributed by atoms with Crippen LogP contribution in [-0.4, -0.2) is 14.5 Å². The highest BCUT2D eigenvalue weighted by Crippen LogP contribution is 2.53. The second-order valence-corrected chi connectivity index (χ2v) is 18.1. The van der Waals surface area contributed by atoms with Crippen LogP contribution in [0.3, 0.4) is 0 Å². The van der Waals surface area contributed by atoms with Crippen molar-refractivity contribution >= 4 is 43.4 Å². The summed E-state index contributed by atoms with van der Waals surface area (Å²) in [5, 5.41) is 7.34. The van der Waals surface area contributed by atoms with Crippen molar-refractivity contribution in [3.05, 3.63) is 236 Å². The van der Waals surface area contributed by atoms with Crippen molar-refractivity contribution in [1.82, 2.24) is 14.5 Å². The number of hydrogen-bond acceptors (Lipinski definition) is 2. The molecular formula is C63H43N3. The molecule has 0 N–H and O–H groups in total. The van der Waals surface area contributed by atoms with Crippen molar-refractivity contribution in [2.24, 2.45) is 0 Å². The average Bonchev–Trinajstić information content (AvgIpc) is 3.83. The minimum absolute atomic E-state index is 0.157. The van der Waals surface area contributed by atoms with E-state index < -0.39 is 0 Å². The van der Waals surface area contributed by atoms with Crippen LogP contribution in [0.5, 0.6) is 0 Å². The molecule has 66 heavy (non-hydrogen) atoms. The van der Waals surface area contributed by atoms with Gasteiger partial charge in [-0.1, -0.05) is 190 Å². The fourth-order valence-electron chi connectivity index (χ4n) is 10.8. The Labute approximate surface area is 384 Å². The lowest BCUT2D eigenvalue weighted by Crippen LogP contribution is -2.14.